The van der Waals surface area contributed by atoms with Crippen LogP contribution in [0.15, 0.2) is 24.3 Å². The van der Waals surface area contributed by atoms with Crippen molar-refractivity contribution in [1.82, 2.24) is 0 Å². The van der Waals surface area contributed by atoms with Crippen LogP contribution in [0.2, 0.25) is 0 Å². The zero-order chi connectivity index (χ0) is 14.4. The second-order valence-electron chi connectivity index (χ2n) is 4.33. The van der Waals surface area contributed by atoms with Gasteiger partial charge in [-0.1, -0.05) is 0 Å². The van der Waals surface area contributed by atoms with Gasteiger partial charge < -0.3 is 10.0 Å². The first-order chi connectivity index (χ1) is 8.92. The van der Waals surface area contributed by atoms with Crippen LogP contribution in [0.3, 0.4) is 0 Å². The van der Waals surface area contributed by atoms with E-state index in [1.807, 2.05) is 0 Å². The summed E-state index contributed by atoms with van der Waals surface area (Å²) in [5.41, 5.74) is 1.07. The molecule has 1 aromatic carbocycles. The van der Waals surface area contributed by atoms with E-state index in [0.29, 0.717) is 17.8 Å². The molecule has 0 bridgehead atoms. The van der Waals surface area contributed by atoms with Crippen LogP contribution in [0, 0.1) is 23.1 Å². The molecule has 100 valence electrons. The van der Waals surface area contributed by atoms with Crippen molar-refractivity contribution in [3.8, 4) is 6.07 Å². The number of carbonyl (C=O) groups is 1. The van der Waals surface area contributed by atoms with Gasteiger partial charge >= 0.3 is 5.97 Å². The maximum Gasteiger partial charge on any atom is 0.328 e. The van der Waals surface area contributed by atoms with Gasteiger partial charge in [0.2, 0.25) is 0 Å². The van der Waals surface area contributed by atoms with E-state index in [2.05, 4.69) is 6.07 Å². The Bertz CT molecular complexity index is 535. The van der Waals surface area contributed by atoms with Gasteiger partial charge in [0.15, 0.2) is 0 Å². The molecule has 0 amide bonds. The minimum absolute atomic E-state index is 0.175. The van der Waals surface area contributed by atoms with E-state index in [-0.39, 0.29) is 5.92 Å². The van der Waals surface area contributed by atoms with Gasteiger partial charge in [0.1, 0.15) is 5.82 Å². The van der Waals surface area contributed by atoms with Crippen LogP contribution in [-0.4, -0.2) is 24.7 Å². The molecule has 1 N–H and O–H groups in total. The van der Waals surface area contributed by atoms with Crippen molar-refractivity contribution < 1.29 is 14.3 Å². The van der Waals surface area contributed by atoms with E-state index in [1.54, 1.807) is 24.9 Å². The van der Waals surface area contributed by atoms with Crippen molar-refractivity contribution in [2.45, 2.75) is 6.92 Å². The fourth-order valence-electron chi connectivity index (χ4n) is 1.64. The van der Waals surface area contributed by atoms with E-state index >= 15 is 0 Å². The number of carboxylic acid groups (broad SMARTS) is 1. The second kappa shape index (κ2) is 6.55. The first-order valence-corrected chi connectivity index (χ1v) is 5.74. The number of aliphatic carboxylic acids is 1. The summed E-state index contributed by atoms with van der Waals surface area (Å²) in [7, 11) is 1.76. The van der Waals surface area contributed by atoms with Crippen LogP contribution < -0.4 is 4.90 Å². The molecule has 1 atom stereocenters. The van der Waals surface area contributed by atoms with Crippen molar-refractivity contribution >= 4 is 17.7 Å². The maximum atomic E-state index is 13.5. The van der Waals surface area contributed by atoms with E-state index in [1.165, 1.54) is 18.2 Å². The summed E-state index contributed by atoms with van der Waals surface area (Å²) in [6.07, 6.45) is 2.28. The Balaban J connectivity index is 2.96. The molecular weight excluding hydrogens is 247 g/mol. The molecule has 1 rings (SSSR count). The highest BCUT2D eigenvalue weighted by atomic mass is 19.1. The average Bonchev–Trinajstić information content (AvgIpc) is 2.35. The molecule has 1 unspecified atom stereocenters. The molecule has 0 spiro atoms. The van der Waals surface area contributed by atoms with Crippen molar-refractivity contribution in [2.24, 2.45) is 5.92 Å². The number of nitriles is 1. The van der Waals surface area contributed by atoms with Crippen molar-refractivity contribution in [3.63, 3.8) is 0 Å². The minimum Gasteiger partial charge on any atom is -0.478 e. The van der Waals surface area contributed by atoms with E-state index in [9.17, 15) is 9.18 Å². The molecule has 4 nitrogen and oxygen atoms in total. The highest BCUT2D eigenvalue weighted by Crippen LogP contribution is 2.19. The number of nitrogens with zero attached hydrogens (tertiary/aromatic N) is 2. The fraction of sp³-hybridized carbons (Fsp3) is 0.286. The summed E-state index contributed by atoms with van der Waals surface area (Å²) < 4.78 is 13.5. The van der Waals surface area contributed by atoms with Gasteiger partial charge in [0.25, 0.3) is 0 Å². The number of hydrogen-bond donors (Lipinski definition) is 1. The number of carboxylic acids is 1. The van der Waals surface area contributed by atoms with Crippen LogP contribution in [0.1, 0.15) is 12.5 Å². The van der Waals surface area contributed by atoms with Crippen LogP contribution in [0.25, 0.3) is 6.08 Å². The lowest BCUT2D eigenvalue weighted by Crippen LogP contribution is -2.23. The molecule has 1 aromatic rings. The molecule has 0 heterocycles. The zero-order valence-corrected chi connectivity index (χ0v) is 10.8. The SMILES string of the molecule is CC(C#N)CN(C)c1cc(F)cc(/C=C/C(=O)O)c1. The highest BCUT2D eigenvalue weighted by molar-refractivity contribution is 5.85. The zero-order valence-electron chi connectivity index (χ0n) is 10.8. The van der Waals surface area contributed by atoms with E-state index in [4.69, 9.17) is 10.4 Å². The molecule has 0 aliphatic carbocycles. The Labute approximate surface area is 111 Å². The molecule has 0 fully saturated rings. The molecule has 19 heavy (non-hydrogen) atoms. The van der Waals surface area contributed by atoms with Gasteiger partial charge in [-0.15, -0.1) is 0 Å². The summed E-state index contributed by atoms with van der Waals surface area (Å²) in [4.78, 5) is 12.2. The van der Waals surface area contributed by atoms with Crippen LogP contribution in [0.4, 0.5) is 10.1 Å². The summed E-state index contributed by atoms with van der Waals surface area (Å²) in [5, 5.41) is 17.3. The number of hydrogen-bond acceptors (Lipinski definition) is 3. The van der Waals surface area contributed by atoms with Gasteiger partial charge in [-0.2, -0.15) is 5.26 Å². The monoisotopic (exact) mass is 262 g/mol. The van der Waals surface area contributed by atoms with Crippen LogP contribution in [0.5, 0.6) is 0 Å². The van der Waals surface area contributed by atoms with Crippen molar-refractivity contribution in [1.29, 1.82) is 5.26 Å². The fourth-order valence-corrected chi connectivity index (χ4v) is 1.64. The standard InChI is InChI=1S/C14H15FN2O2/c1-10(8-16)9-17(2)13-6-11(3-4-14(18)19)5-12(15)7-13/h3-7,10H,9H2,1-2H3,(H,18,19)/b4-3+. The Morgan fingerprint density at radius 1 is 1.58 bits per heavy atom. The summed E-state index contributed by atoms with van der Waals surface area (Å²) in [5.74, 6) is -1.71. The Morgan fingerprint density at radius 3 is 2.84 bits per heavy atom. The molecule has 0 saturated heterocycles. The molecule has 0 aliphatic rings. The Hall–Kier alpha value is -2.35. The summed E-state index contributed by atoms with van der Waals surface area (Å²) >= 11 is 0. The van der Waals surface area contributed by atoms with E-state index < -0.39 is 11.8 Å². The first kappa shape index (κ1) is 14.7. The third-order valence-corrected chi connectivity index (χ3v) is 2.53. The summed E-state index contributed by atoms with van der Waals surface area (Å²) in [6, 6.07) is 6.38. The largest absolute Gasteiger partial charge is 0.478 e. The molecule has 0 saturated carbocycles. The molecule has 0 radical (unpaired) electrons. The predicted molar refractivity (Wildman–Crippen MR) is 71.1 cm³/mol. The maximum absolute atomic E-state index is 13.5. The predicted octanol–water partition coefficient (Wildman–Crippen LogP) is 2.52. The molecule has 0 aromatic heterocycles. The normalized spacial score (nSPS) is 12.1. The summed E-state index contributed by atoms with van der Waals surface area (Å²) in [6.45, 7) is 2.25. The quantitative estimate of drug-likeness (QED) is 0.828. The van der Waals surface area contributed by atoms with Gasteiger partial charge in [-0.3, -0.25) is 0 Å². The topological polar surface area (TPSA) is 64.3 Å². The number of rotatable bonds is 5. The first-order valence-electron chi connectivity index (χ1n) is 5.74. The van der Waals surface area contributed by atoms with Crippen molar-refractivity contribution in [3.05, 3.63) is 35.7 Å². The third-order valence-electron chi connectivity index (χ3n) is 2.53. The molecular formula is C14H15FN2O2. The lowest BCUT2D eigenvalue weighted by molar-refractivity contribution is -0.131. The number of halogens is 1. The van der Waals surface area contributed by atoms with Gasteiger partial charge in [0, 0.05) is 25.4 Å². The van der Waals surface area contributed by atoms with Gasteiger partial charge in [-0.05, 0) is 36.8 Å². The lowest BCUT2D eigenvalue weighted by atomic mass is 10.1. The average molecular weight is 262 g/mol. The van der Waals surface area contributed by atoms with Crippen LogP contribution in [-0.2, 0) is 4.79 Å². The molecule has 0 aliphatic heterocycles. The third kappa shape index (κ3) is 4.80. The second-order valence-corrected chi connectivity index (χ2v) is 4.33. The number of anilines is 1. The number of benzene rings is 1. The van der Waals surface area contributed by atoms with Crippen LogP contribution >= 0.6 is 0 Å². The minimum atomic E-state index is -1.09. The van der Waals surface area contributed by atoms with Gasteiger partial charge in [-0.25, -0.2) is 9.18 Å². The highest BCUT2D eigenvalue weighted by Gasteiger charge is 2.08. The van der Waals surface area contributed by atoms with E-state index in [0.717, 1.165) is 6.08 Å². The molecule has 5 heteroatoms. The lowest BCUT2D eigenvalue weighted by Gasteiger charge is -2.21. The Morgan fingerprint density at radius 2 is 2.26 bits per heavy atom. The van der Waals surface area contributed by atoms with Gasteiger partial charge in [0.05, 0.1) is 12.0 Å². The smallest absolute Gasteiger partial charge is 0.328 e. The van der Waals surface area contributed by atoms with Crippen molar-refractivity contribution in [2.75, 3.05) is 18.5 Å². The Kier molecular flexibility index (Phi) is 5.07.